The predicted molar refractivity (Wildman–Crippen MR) is 78.1 cm³/mol. The number of carboxylic acids is 1. The lowest BCUT2D eigenvalue weighted by molar-refractivity contribution is -0.131. The van der Waals surface area contributed by atoms with Gasteiger partial charge < -0.3 is 19.9 Å². The highest BCUT2D eigenvalue weighted by atomic mass is 16.5. The second-order valence-electron chi connectivity index (χ2n) is 4.42. The molecule has 1 aromatic carbocycles. The Hall–Kier alpha value is -2.34. The van der Waals surface area contributed by atoms with Crippen LogP contribution in [-0.4, -0.2) is 43.3 Å². The third kappa shape index (κ3) is 6.58. The molecule has 0 saturated heterocycles. The van der Waals surface area contributed by atoms with Crippen molar-refractivity contribution in [1.29, 1.82) is 0 Å². The molecular formula is C15H19NO5. The first-order valence-corrected chi connectivity index (χ1v) is 6.44. The van der Waals surface area contributed by atoms with Gasteiger partial charge in [-0.15, -0.1) is 0 Å². The largest absolute Gasteiger partial charge is 0.483 e. The lowest BCUT2D eigenvalue weighted by atomic mass is 10.2. The van der Waals surface area contributed by atoms with Gasteiger partial charge in [-0.2, -0.15) is 0 Å². The van der Waals surface area contributed by atoms with E-state index in [0.29, 0.717) is 17.9 Å². The van der Waals surface area contributed by atoms with E-state index in [9.17, 15) is 9.59 Å². The van der Waals surface area contributed by atoms with E-state index in [2.05, 4.69) is 5.32 Å². The van der Waals surface area contributed by atoms with E-state index >= 15 is 0 Å². The summed E-state index contributed by atoms with van der Waals surface area (Å²) in [5.41, 5.74) is 0.595. The average molecular weight is 293 g/mol. The van der Waals surface area contributed by atoms with E-state index in [1.165, 1.54) is 6.08 Å². The molecule has 0 radical (unpaired) electrons. The molecule has 0 heterocycles. The molecule has 21 heavy (non-hydrogen) atoms. The molecule has 0 spiro atoms. The molecule has 6 heteroatoms. The monoisotopic (exact) mass is 293 g/mol. The van der Waals surface area contributed by atoms with Gasteiger partial charge >= 0.3 is 5.97 Å². The first-order valence-electron chi connectivity index (χ1n) is 6.44. The van der Waals surface area contributed by atoms with Crippen LogP contribution in [0.3, 0.4) is 0 Å². The molecule has 114 valence electrons. The highest BCUT2D eigenvalue weighted by Crippen LogP contribution is 2.19. The van der Waals surface area contributed by atoms with Crippen LogP contribution in [0.5, 0.6) is 5.75 Å². The summed E-state index contributed by atoms with van der Waals surface area (Å²) in [7, 11) is 1.56. The van der Waals surface area contributed by atoms with Crippen molar-refractivity contribution in [3.05, 3.63) is 35.9 Å². The van der Waals surface area contributed by atoms with Crippen molar-refractivity contribution in [2.75, 3.05) is 20.3 Å². The Kier molecular flexibility index (Phi) is 6.97. The summed E-state index contributed by atoms with van der Waals surface area (Å²) in [6.07, 6.45) is 2.44. The summed E-state index contributed by atoms with van der Waals surface area (Å²) in [6, 6.07) is 6.79. The fourth-order valence-corrected chi connectivity index (χ4v) is 1.66. The van der Waals surface area contributed by atoms with Gasteiger partial charge in [-0.3, -0.25) is 4.79 Å². The third-order valence-electron chi connectivity index (χ3n) is 2.51. The number of benzene rings is 1. The molecule has 0 fully saturated rings. The van der Waals surface area contributed by atoms with Gasteiger partial charge in [0, 0.05) is 24.8 Å². The van der Waals surface area contributed by atoms with Crippen molar-refractivity contribution in [2.45, 2.75) is 13.0 Å². The Bertz CT molecular complexity index is 513. The number of hydrogen-bond donors (Lipinski definition) is 2. The van der Waals surface area contributed by atoms with E-state index in [0.717, 1.165) is 6.08 Å². The zero-order chi connectivity index (χ0) is 15.7. The fraction of sp³-hybridized carbons (Fsp3) is 0.333. The van der Waals surface area contributed by atoms with E-state index in [1.54, 1.807) is 31.4 Å². The second kappa shape index (κ2) is 8.76. The number of hydrogen-bond acceptors (Lipinski definition) is 4. The molecule has 0 aliphatic heterocycles. The quantitative estimate of drug-likeness (QED) is 0.706. The molecule has 1 aromatic rings. The van der Waals surface area contributed by atoms with Gasteiger partial charge in [0.25, 0.3) is 5.91 Å². The number of aliphatic carboxylic acids is 1. The molecule has 0 aliphatic carbocycles. The number of carbonyl (C=O) groups is 2. The number of ether oxygens (including phenoxy) is 2. The van der Waals surface area contributed by atoms with Crippen LogP contribution in [0.2, 0.25) is 0 Å². The van der Waals surface area contributed by atoms with Crippen LogP contribution in [0.25, 0.3) is 6.08 Å². The van der Waals surface area contributed by atoms with Gasteiger partial charge in [0.05, 0.1) is 6.61 Å². The van der Waals surface area contributed by atoms with Crippen molar-refractivity contribution >= 4 is 18.0 Å². The maximum Gasteiger partial charge on any atom is 0.328 e. The molecule has 1 atom stereocenters. The second-order valence-corrected chi connectivity index (χ2v) is 4.42. The lowest BCUT2D eigenvalue weighted by Crippen LogP contribution is -2.38. The van der Waals surface area contributed by atoms with Crippen LogP contribution in [0.1, 0.15) is 12.5 Å². The van der Waals surface area contributed by atoms with Crippen molar-refractivity contribution in [2.24, 2.45) is 0 Å². The van der Waals surface area contributed by atoms with E-state index in [1.807, 2.05) is 6.92 Å². The SMILES string of the molecule is COCC(C)NC(=O)COc1ccccc1C=CC(=O)O. The number of rotatable bonds is 8. The van der Waals surface area contributed by atoms with Gasteiger partial charge in [0.15, 0.2) is 6.61 Å². The average Bonchev–Trinajstić information content (AvgIpc) is 2.43. The van der Waals surface area contributed by atoms with Crippen LogP contribution in [-0.2, 0) is 14.3 Å². The topological polar surface area (TPSA) is 84.9 Å². The first-order chi connectivity index (χ1) is 10.0. The summed E-state index contributed by atoms with van der Waals surface area (Å²) in [5.74, 6) is -0.864. The Morgan fingerprint density at radius 1 is 1.38 bits per heavy atom. The normalized spacial score (nSPS) is 12.1. The molecular weight excluding hydrogens is 274 g/mol. The summed E-state index contributed by atoms with van der Waals surface area (Å²) in [5, 5.41) is 11.3. The third-order valence-corrected chi connectivity index (χ3v) is 2.51. The summed E-state index contributed by atoms with van der Waals surface area (Å²) >= 11 is 0. The lowest BCUT2D eigenvalue weighted by Gasteiger charge is -2.14. The number of nitrogens with one attached hydrogen (secondary N) is 1. The summed E-state index contributed by atoms with van der Waals surface area (Å²) < 4.78 is 10.3. The van der Waals surface area contributed by atoms with Crippen molar-refractivity contribution in [3.63, 3.8) is 0 Å². The summed E-state index contributed by atoms with van der Waals surface area (Å²) in [6.45, 7) is 2.10. The zero-order valence-electron chi connectivity index (χ0n) is 12.0. The number of carbonyl (C=O) groups excluding carboxylic acids is 1. The van der Waals surface area contributed by atoms with Crippen LogP contribution >= 0.6 is 0 Å². The molecule has 1 amide bonds. The highest BCUT2D eigenvalue weighted by molar-refractivity contribution is 5.86. The van der Waals surface area contributed by atoms with Crippen molar-refractivity contribution in [3.8, 4) is 5.75 Å². The molecule has 1 rings (SSSR count). The zero-order valence-corrected chi connectivity index (χ0v) is 12.0. The van der Waals surface area contributed by atoms with Crippen LogP contribution in [0.4, 0.5) is 0 Å². The van der Waals surface area contributed by atoms with Gasteiger partial charge in [0.1, 0.15) is 5.75 Å². The molecule has 0 aliphatic rings. The number of methoxy groups -OCH3 is 1. The smallest absolute Gasteiger partial charge is 0.328 e. The van der Waals surface area contributed by atoms with E-state index < -0.39 is 5.97 Å². The van der Waals surface area contributed by atoms with Crippen LogP contribution in [0.15, 0.2) is 30.3 Å². The number of carboxylic acid groups (broad SMARTS) is 1. The minimum Gasteiger partial charge on any atom is -0.483 e. The molecule has 1 unspecified atom stereocenters. The maximum atomic E-state index is 11.7. The summed E-state index contributed by atoms with van der Waals surface area (Å²) in [4.78, 5) is 22.2. The Labute approximate surface area is 123 Å². The van der Waals surface area contributed by atoms with Gasteiger partial charge in [-0.05, 0) is 19.1 Å². The molecule has 0 saturated carbocycles. The van der Waals surface area contributed by atoms with Gasteiger partial charge in [-0.1, -0.05) is 18.2 Å². The van der Waals surface area contributed by atoms with E-state index in [-0.39, 0.29) is 18.6 Å². The van der Waals surface area contributed by atoms with Gasteiger partial charge in [-0.25, -0.2) is 4.79 Å². The van der Waals surface area contributed by atoms with Gasteiger partial charge in [0.2, 0.25) is 0 Å². The van der Waals surface area contributed by atoms with Crippen molar-refractivity contribution < 1.29 is 24.2 Å². The molecule has 6 nitrogen and oxygen atoms in total. The van der Waals surface area contributed by atoms with E-state index in [4.69, 9.17) is 14.6 Å². The minimum atomic E-state index is -1.05. The predicted octanol–water partition coefficient (Wildman–Crippen LogP) is 1.31. The number of para-hydroxylation sites is 1. The Morgan fingerprint density at radius 2 is 2.10 bits per heavy atom. The molecule has 2 N–H and O–H groups in total. The maximum absolute atomic E-state index is 11.7. The number of amides is 1. The minimum absolute atomic E-state index is 0.103. The fourth-order valence-electron chi connectivity index (χ4n) is 1.66. The van der Waals surface area contributed by atoms with Crippen LogP contribution < -0.4 is 10.1 Å². The highest BCUT2D eigenvalue weighted by Gasteiger charge is 2.08. The van der Waals surface area contributed by atoms with Crippen LogP contribution in [0, 0.1) is 0 Å². The Balaban J connectivity index is 2.59. The van der Waals surface area contributed by atoms with Crippen molar-refractivity contribution in [1.82, 2.24) is 5.32 Å². The first kappa shape index (κ1) is 16.7. The Morgan fingerprint density at radius 3 is 2.76 bits per heavy atom. The molecule has 0 bridgehead atoms. The molecule has 0 aromatic heterocycles. The standard InChI is InChI=1S/C15H19NO5/c1-11(9-20-2)16-14(17)10-21-13-6-4-3-5-12(13)7-8-15(18)19/h3-8,11H,9-10H2,1-2H3,(H,16,17)(H,18,19).